The predicted octanol–water partition coefficient (Wildman–Crippen LogP) is 1.21. The highest BCUT2D eigenvalue weighted by Gasteiger charge is 2.35. The van der Waals surface area contributed by atoms with Gasteiger partial charge >= 0.3 is 5.97 Å². The fraction of sp³-hybridized carbons (Fsp3) is 0.455. The van der Waals surface area contributed by atoms with Gasteiger partial charge < -0.3 is 10.1 Å². The second-order valence-electron chi connectivity index (χ2n) is 3.80. The Morgan fingerprint density at radius 3 is 3.00 bits per heavy atom. The van der Waals surface area contributed by atoms with Crippen LogP contribution in [0.2, 0.25) is 5.02 Å². The van der Waals surface area contributed by atoms with Crippen LogP contribution in [-0.2, 0) is 9.53 Å². The molecule has 4 nitrogen and oxygen atoms in total. The highest BCUT2D eigenvalue weighted by molar-refractivity contribution is 6.30. The molecule has 2 rings (SSSR count). The van der Waals surface area contributed by atoms with Crippen molar-refractivity contribution in [2.24, 2.45) is 5.92 Å². The van der Waals surface area contributed by atoms with Gasteiger partial charge in [-0.05, 0) is 12.1 Å². The van der Waals surface area contributed by atoms with Gasteiger partial charge in [-0.25, -0.2) is 0 Å². The van der Waals surface area contributed by atoms with Crippen molar-refractivity contribution < 1.29 is 9.53 Å². The zero-order valence-corrected chi connectivity index (χ0v) is 9.70. The number of methoxy groups -OCH3 is 1. The zero-order chi connectivity index (χ0) is 11.5. The van der Waals surface area contributed by atoms with Gasteiger partial charge in [-0.15, -0.1) is 0 Å². The monoisotopic (exact) mass is 240 g/mol. The topological polar surface area (TPSA) is 51.2 Å². The van der Waals surface area contributed by atoms with Gasteiger partial charge in [0, 0.05) is 30.9 Å². The maximum absolute atomic E-state index is 11.5. The minimum Gasteiger partial charge on any atom is -0.469 e. The molecule has 0 bridgehead atoms. The van der Waals surface area contributed by atoms with Gasteiger partial charge in [-0.2, -0.15) is 0 Å². The van der Waals surface area contributed by atoms with Crippen LogP contribution >= 0.6 is 11.6 Å². The van der Waals surface area contributed by atoms with Crippen molar-refractivity contribution in [3.8, 4) is 0 Å². The van der Waals surface area contributed by atoms with E-state index >= 15 is 0 Å². The summed E-state index contributed by atoms with van der Waals surface area (Å²) in [6.45, 7) is 1.38. The van der Waals surface area contributed by atoms with E-state index in [1.54, 1.807) is 12.3 Å². The molecule has 1 aliphatic rings. The van der Waals surface area contributed by atoms with Crippen LogP contribution in [0.3, 0.4) is 0 Å². The Kier molecular flexibility index (Phi) is 3.41. The first-order valence-corrected chi connectivity index (χ1v) is 5.50. The lowest BCUT2D eigenvalue weighted by Crippen LogP contribution is -2.23. The lowest BCUT2D eigenvalue weighted by atomic mass is 9.92. The molecule has 2 unspecified atom stereocenters. The van der Waals surface area contributed by atoms with E-state index in [0.717, 1.165) is 12.2 Å². The van der Waals surface area contributed by atoms with Crippen molar-refractivity contribution in [2.75, 3.05) is 20.2 Å². The van der Waals surface area contributed by atoms with Gasteiger partial charge in [0.2, 0.25) is 0 Å². The molecule has 0 aliphatic carbocycles. The fourth-order valence-corrected chi connectivity index (χ4v) is 2.11. The molecule has 1 N–H and O–H groups in total. The summed E-state index contributed by atoms with van der Waals surface area (Å²) in [5.74, 6) is -0.268. The number of nitrogens with zero attached hydrogens (tertiary/aromatic N) is 1. The largest absolute Gasteiger partial charge is 0.469 e. The minimum atomic E-state index is -0.188. The number of esters is 1. The summed E-state index contributed by atoms with van der Waals surface area (Å²) in [6.07, 6.45) is 1.60. The number of halogens is 1. The highest BCUT2D eigenvalue weighted by Crippen LogP contribution is 2.28. The first kappa shape index (κ1) is 11.4. The number of carbonyl (C=O) groups is 1. The van der Waals surface area contributed by atoms with E-state index < -0.39 is 0 Å². The highest BCUT2D eigenvalue weighted by atomic mass is 35.5. The van der Waals surface area contributed by atoms with E-state index in [1.165, 1.54) is 7.11 Å². The Morgan fingerprint density at radius 1 is 1.56 bits per heavy atom. The van der Waals surface area contributed by atoms with Crippen molar-refractivity contribution in [3.05, 3.63) is 29.0 Å². The van der Waals surface area contributed by atoms with Gasteiger partial charge in [0.1, 0.15) is 0 Å². The smallest absolute Gasteiger partial charge is 0.310 e. The Hall–Kier alpha value is -1.13. The fourth-order valence-electron chi connectivity index (χ4n) is 2.00. The van der Waals surface area contributed by atoms with Crippen LogP contribution in [0, 0.1) is 5.92 Å². The summed E-state index contributed by atoms with van der Waals surface area (Å²) in [5.41, 5.74) is 0.879. The molecule has 1 fully saturated rings. The van der Waals surface area contributed by atoms with Crippen LogP contribution in [0.15, 0.2) is 18.3 Å². The molecule has 0 amide bonds. The quantitative estimate of drug-likeness (QED) is 0.790. The maximum Gasteiger partial charge on any atom is 0.310 e. The van der Waals surface area contributed by atoms with Crippen LogP contribution in [0.1, 0.15) is 11.6 Å². The van der Waals surface area contributed by atoms with Gasteiger partial charge in [0.15, 0.2) is 0 Å². The molecule has 16 heavy (non-hydrogen) atoms. The summed E-state index contributed by atoms with van der Waals surface area (Å²) < 4.78 is 4.78. The zero-order valence-electron chi connectivity index (χ0n) is 8.94. The molecule has 2 atom stereocenters. The molecule has 1 aliphatic heterocycles. The number of hydrogen-bond donors (Lipinski definition) is 1. The van der Waals surface area contributed by atoms with Gasteiger partial charge in [-0.1, -0.05) is 11.6 Å². The molecule has 0 aromatic carbocycles. The molecule has 5 heteroatoms. The van der Waals surface area contributed by atoms with Crippen LogP contribution in [-0.4, -0.2) is 31.2 Å². The molecule has 0 spiro atoms. The van der Waals surface area contributed by atoms with Crippen LogP contribution in [0.4, 0.5) is 0 Å². The standard InChI is InChI=1S/C11H13ClN2O2/c1-16-11(15)9-6-13-5-8(9)10-3-2-7(12)4-14-10/h2-4,8-9,13H,5-6H2,1H3. The van der Waals surface area contributed by atoms with Gasteiger partial charge in [0.05, 0.1) is 18.1 Å². The molecule has 1 aromatic rings. The van der Waals surface area contributed by atoms with E-state index in [9.17, 15) is 4.79 Å². The minimum absolute atomic E-state index is 0.0738. The van der Waals surface area contributed by atoms with Crippen LogP contribution in [0.5, 0.6) is 0 Å². The third kappa shape index (κ3) is 2.18. The normalized spacial score (nSPS) is 24.4. The lowest BCUT2D eigenvalue weighted by Gasteiger charge is -2.15. The van der Waals surface area contributed by atoms with Crippen LogP contribution in [0.25, 0.3) is 0 Å². The summed E-state index contributed by atoms with van der Waals surface area (Å²) in [4.78, 5) is 15.8. The predicted molar refractivity (Wildman–Crippen MR) is 60.4 cm³/mol. The van der Waals surface area contributed by atoms with Crippen molar-refractivity contribution in [3.63, 3.8) is 0 Å². The Balaban J connectivity index is 2.19. The summed E-state index contributed by atoms with van der Waals surface area (Å²) in [7, 11) is 1.41. The number of carbonyl (C=O) groups excluding carboxylic acids is 1. The summed E-state index contributed by atoms with van der Waals surface area (Å²) in [5, 5.41) is 3.78. The Morgan fingerprint density at radius 2 is 2.38 bits per heavy atom. The van der Waals surface area contributed by atoms with E-state index in [1.807, 2.05) is 6.07 Å². The molecule has 86 valence electrons. The van der Waals surface area contributed by atoms with E-state index in [4.69, 9.17) is 16.3 Å². The van der Waals surface area contributed by atoms with E-state index in [2.05, 4.69) is 10.3 Å². The molecular weight excluding hydrogens is 228 g/mol. The average Bonchev–Trinajstić information content (AvgIpc) is 2.78. The van der Waals surface area contributed by atoms with Crippen molar-refractivity contribution in [1.29, 1.82) is 0 Å². The second-order valence-corrected chi connectivity index (χ2v) is 4.23. The number of pyridine rings is 1. The van der Waals surface area contributed by atoms with E-state index in [0.29, 0.717) is 11.6 Å². The number of ether oxygens (including phenoxy) is 1. The number of rotatable bonds is 2. The third-order valence-corrected chi connectivity index (χ3v) is 3.07. The molecule has 1 aromatic heterocycles. The Labute approximate surface area is 99.0 Å². The number of aromatic nitrogens is 1. The number of hydrogen-bond acceptors (Lipinski definition) is 4. The third-order valence-electron chi connectivity index (χ3n) is 2.85. The second kappa shape index (κ2) is 4.80. The van der Waals surface area contributed by atoms with E-state index in [-0.39, 0.29) is 17.8 Å². The maximum atomic E-state index is 11.5. The molecule has 1 saturated heterocycles. The number of nitrogens with one attached hydrogen (secondary N) is 1. The van der Waals surface area contributed by atoms with Crippen molar-refractivity contribution in [1.82, 2.24) is 10.3 Å². The molecule has 0 saturated carbocycles. The van der Waals surface area contributed by atoms with Crippen molar-refractivity contribution in [2.45, 2.75) is 5.92 Å². The lowest BCUT2D eigenvalue weighted by molar-refractivity contribution is -0.145. The summed E-state index contributed by atoms with van der Waals surface area (Å²) in [6, 6.07) is 3.65. The first-order chi connectivity index (χ1) is 7.72. The SMILES string of the molecule is COC(=O)C1CNCC1c1ccc(Cl)cn1. The summed E-state index contributed by atoms with van der Waals surface area (Å²) >= 11 is 5.77. The van der Waals surface area contributed by atoms with Crippen LogP contribution < -0.4 is 5.32 Å². The molecular formula is C11H13ClN2O2. The molecule has 0 radical (unpaired) electrons. The van der Waals surface area contributed by atoms with Crippen molar-refractivity contribution >= 4 is 17.6 Å². The average molecular weight is 241 g/mol. The van der Waals surface area contributed by atoms with Gasteiger partial charge in [-0.3, -0.25) is 9.78 Å². The first-order valence-electron chi connectivity index (χ1n) is 5.12. The van der Waals surface area contributed by atoms with Gasteiger partial charge in [0.25, 0.3) is 0 Å². The Bertz CT molecular complexity index is 380. The molecule has 2 heterocycles.